The first kappa shape index (κ1) is 19.5. The minimum atomic E-state index is -0.937. The van der Waals surface area contributed by atoms with Gasteiger partial charge in [0.2, 0.25) is 0 Å². The van der Waals surface area contributed by atoms with E-state index in [1.807, 2.05) is 22.6 Å². The highest BCUT2D eigenvalue weighted by Gasteiger charge is 2.15. The summed E-state index contributed by atoms with van der Waals surface area (Å²) in [5.41, 5.74) is 3.08. The smallest absolute Gasteiger partial charge is 0.329 e. The molecule has 0 saturated carbocycles. The summed E-state index contributed by atoms with van der Waals surface area (Å²) in [4.78, 5) is 23.8. The number of phenolic OH excluding ortho intramolecular Hbond substituents is 1. The predicted molar refractivity (Wildman–Crippen MR) is 105 cm³/mol. The van der Waals surface area contributed by atoms with Crippen molar-refractivity contribution < 1.29 is 24.2 Å². The SMILES string of the molecule is COc1ccccc1NC(=O)C(=O)N/N=C\c1cc(I)c(O)c(OC)c1. The molecule has 8 nitrogen and oxygen atoms in total. The zero-order valence-corrected chi connectivity index (χ0v) is 16.1. The van der Waals surface area contributed by atoms with Crippen LogP contribution >= 0.6 is 22.6 Å². The number of amides is 2. The lowest BCUT2D eigenvalue weighted by atomic mass is 10.2. The van der Waals surface area contributed by atoms with Crippen LogP contribution in [0.15, 0.2) is 41.5 Å². The summed E-state index contributed by atoms with van der Waals surface area (Å²) in [5.74, 6) is -1.09. The van der Waals surface area contributed by atoms with Crippen molar-refractivity contribution in [3.8, 4) is 17.2 Å². The second kappa shape index (κ2) is 9.04. The molecule has 0 unspecified atom stereocenters. The molecule has 2 aromatic rings. The number of anilines is 1. The molecule has 0 aliphatic heterocycles. The fourth-order valence-electron chi connectivity index (χ4n) is 1.97. The third-order valence-electron chi connectivity index (χ3n) is 3.21. The normalized spacial score (nSPS) is 10.4. The van der Waals surface area contributed by atoms with E-state index in [1.54, 1.807) is 36.4 Å². The molecule has 9 heteroatoms. The Labute approximate surface area is 163 Å². The lowest BCUT2D eigenvalue weighted by molar-refractivity contribution is -0.136. The molecular weight excluding hydrogens is 453 g/mol. The maximum absolute atomic E-state index is 11.9. The maximum Gasteiger partial charge on any atom is 0.329 e. The van der Waals surface area contributed by atoms with Gasteiger partial charge in [-0.1, -0.05) is 12.1 Å². The van der Waals surface area contributed by atoms with Crippen molar-refractivity contribution in [2.75, 3.05) is 19.5 Å². The Morgan fingerprint density at radius 2 is 1.81 bits per heavy atom. The maximum atomic E-state index is 11.9. The molecule has 0 fully saturated rings. The van der Waals surface area contributed by atoms with Crippen molar-refractivity contribution in [2.45, 2.75) is 0 Å². The Kier molecular flexibility index (Phi) is 6.78. The molecular formula is C17H16IN3O5. The van der Waals surface area contributed by atoms with Crippen molar-refractivity contribution in [1.82, 2.24) is 5.43 Å². The van der Waals surface area contributed by atoms with E-state index in [9.17, 15) is 14.7 Å². The molecule has 0 aromatic heterocycles. The van der Waals surface area contributed by atoms with Crippen molar-refractivity contribution >= 4 is 46.3 Å². The van der Waals surface area contributed by atoms with Crippen LogP contribution < -0.4 is 20.2 Å². The molecule has 0 saturated heterocycles. The highest BCUT2D eigenvalue weighted by atomic mass is 127. The standard InChI is InChI=1S/C17H16IN3O5/c1-25-13-6-4-3-5-12(13)20-16(23)17(24)21-19-9-10-7-11(18)15(22)14(8-10)26-2/h3-9,22H,1-2H3,(H,20,23)(H,21,24)/b19-9-. The molecule has 0 heterocycles. The average Bonchev–Trinajstić information content (AvgIpc) is 2.64. The number of hydrogen-bond donors (Lipinski definition) is 3. The van der Waals surface area contributed by atoms with Gasteiger partial charge in [-0.05, 0) is 52.4 Å². The third kappa shape index (κ3) is 4.85. The van der Waals surface area contributed by atoms with Crippen LogP contribution in [0, 0.1) is 3.57 Å². The summed E-state index contributed by atoms with van der Waals surface area (Å²) in [7, 11) is 2.89. The lowest BCUT2D eigenvalue weighted by Gasteiger charge is -2.08. The first-order valence-electron chi connectivity index (χ1n) is 7.30. The van der Waals surface area contributed by atoms with Crippen LogP contribution in [0.3, 0.4) is 0 Å². The van der Waals surface area contributed by atoms with Gasteiger partial charge in [0.05, 0.1) is 29.7 Å². The second-order valence-corrected chi connectivity index (χ2v) is 6.07. The number of methoxy groups -OCH3 is 2. The third-order valence-corrected chi connectivity index (χ3v) is 4.03. The molecule has 0 aliphatic carbocycles. The highest BCUT2D eigenvalue weighted by Crippen LogP contribution is 2.31. The first-order chi connectivity index (χ1) is 12.5. The van der Waals surface area contributed by atoms with E-state index < -0.39 is 11.8 Å². The number of nitrogens with one attached hydrogen (secondary N) is 2. The van der Waals surface area contributed by atoms with Gasteiger partial charge in [0.1, 0.15) is 5.75 Å². The van der Waals surface area contributed by atoms with Crippen LogP contribution in [0.5, 0.6) is 17.2 Å². The van der Waals surface area contributed by atoms with E-state index in [0.29, 0.717) is 20.6 Å². The minimum Gasteiger partial charge on any atom is -0.504 e. The summed E-state index contributed by atoms with van der Waals surface area (Å²) in [6, 6.07) is 9.90. The molecule has 0 aliphatic rings. The van der Waals surface area contributed by atoms with E-state index in [1.165, 1.54) is 20.4 Å². The van der Waals surface area contributed by atoms with E-state index >= 15 is 0 Å². The summed E-state index contributed by atoms with van der Waals surface area (Å²) < 4.78 is 10.7. The molecule has 2 rings (SSSR count). The van der Waals surface area contributed by atoms with Crippen LogP contribution in [0.1, 0.15) is 5.56 Å². The van der Waals surface area contributed by atoms with Gasteiger partial charge in [0.15, 0.2) is 11.5 Å². The lowest BCUT2D eigenvalue weighted by Crippen LogP contribution is -2.32. The zero-order valence-electron chi connectivity index (χ0n) is 13.9. The molecule has 3 N–H and O–H groups in total. The Hall–Kier alpha value is -2.82. The molecule has 0 spiro atoms. The fourth-order valence-corrected chi connectivity index (χ4v) is 2.59. The van der Waals surface area contributed by atoms with Gasteiger partial charge >= 0.3 is 11.8 Å². The van der Waals surface area contributed by atoms with Crippen molar-refractivity contribution in [1.29, 1.82) is 0 Å². The Morgan fingerprint density at radius 1 is 1.12 bits per heavy atom. The van der Waals surface area contributed by atoms with Crippen molar-refractivity contribution in [3.63, 3.8) is 0 Å². The second-order valence-electron chi connectivity index (χ2n) is 4.91. The van der Waals surface area contributed by atoms with Crippen LogP contribution in [0.2, 0.25) is 0 Å². The van der Waals surface area contributed by atoms with E-state index in [2.05, 4.69) is 15.8 Å². The number of halogens is 1. The van der Waals surface area contributed by atoms with Gasteiger partial charge in [-0.3, -0.25) is 9.59 Å². The van der Waals surface area contributed by atoms with Gasteiger partial charge in [-0.25, -0.2) is 5.43 Å². The van der Waals surface area contributed by atoms with Crippen LogP contribution in [-0.4, -0.2) is 37.4 Å². The number of para-hydroxylation sites is 2. The number of rotatable bonds is 5. The van der Waals surface area contributed by atoms with Gasteiger partial charge in [-0.2, -0.15) is 5.10 Å². The molecule has 0 bridgehead atoms. The number of hydrazone groups is 1. The summed E-state index contributed by atoms with van der Waals surface area (Å²) >= 11 is 1.94. The molecule has 136 valence electrons. The van der Waals surface area contributed by atoms with Gasteiger partial charge in [-0.15, -0.1) is 0 Å². The van der Waals surface area contributed by atoms with Crippen molar-refractivity contribution in [2.24, 2.45) is 5.10 Å². The minimum absolute atomic E-state index is 0.0190. The highest BCUT2D eigenvalue weighted by molar-refractivity contribution is 14.1. The quantitative estimate of drug-likeness (QED) is 0.269. The van der Waals surface area contributed by atoms with Crippen LogP contribution in [-0.2, 0) is 9.59 Å². The number of hydrogen-bond acceptors (Lipinski definition) is 6. The zero-order chi connectivity index (χ0) is 19.1. The molecule has 2 aromatic carbocycles. The first-order valence-corrected chi connectivity index (χ1v) is 8.38. The predicted octanol–water partition coefficient (Wildman–Crippen LogP) is 2.10. The Morgan fingerprint density at radius 3 is 2.50 bits per heavy atom. The summed E-state index contributed by atoms with van der Waals surface area (Å²) in [6.45, 7) is 0. The molecule has 2 amide bonds. The number of nitrogens with zero attached hydrogens (tertiary/aromatic N) is 1. The number of carbonyl (C=O) groups excluding carboxylic acids is 2. The monoisotopic (exact) mass is 469 g/mol. The van der Waals surface area contributed by atoms with Crippen LogP contribution in [0.4, 0.5) is 5.69 Å². The number of ether oxygens (including phenoxy) is 2. The van der Waals surface area contributed by atoms with E-state index in [-0.39, 0.29) is 11.5 Å². The molecule has 26 heavy (non-hydrogen) atoms. The van der Waals surface area contributed by atoms with Crippen molar-refractivity contribution in [3.05, 3.63) is 45.5 Å². The fraction of sp³-hybridized carbons (Fsp3) is 0.118. The Bertz CT molecular complexity index is 854. The van der Waals surface area contributed by atoms with Crippen LogP contribution in [0.25, 0.3) is 0 Å². The molecule has 0 atom stereocenters. The summed E-state index contributed by atoms with van der Waals surface area (Å²) in [6.07, 6.45) is 1.33. The topological polar surface area (TPSA) is 109 Å². The van der Waals surface area contributed by atoms with Gasteiger partial charge < -0.3 is 19.9 Å². The molecule has 0 radical (unpaired) electrons. The number of phenols is 1. The van der Waals surface area contributed by atoms with E-state index in [0.717, 1.165) is 0 Å². The largest absolute Gasteiger partial charge is 0.504 e. The van der Waals surface area contributed by atoms with Gasteiger partial charge in [0, 0.05) is 0 Å². The number of benzene rings is 2. The van der Waals surface area contributed by atoms with Gasteiger partial charge in [0.25, 0.3) is 0 Å². The number of carbonyl (C=O) groups is 2. The summed E-state index contributed by atoms with van der Waals surface area (Å²) in [5, 5.41) is 16.0. The Balaban J connectivity index is 2.00. The average molecular weight is 469 g/mol. The number of aromatic hydroxyl groups is 1. The van der Waals surface area contributed by atoms with E-state index in [4.69, 9.17) is 9.47 Å².